The molecule has 5 heteroatoms. The van der Waals surface area contributed by atoms with Gasteiger partial charge in [-0.1, -0.05) is 6.07 Å². The molecule has 1 N–H and O–H groups in total. The molecule has 1 aliphatic rings. The van der Waals surface area contributed by atoms with Gasteiger partial charge in [0.15, 0.2) is 0 Å². The van der Waals surface area contributed by atoms with Crippen LogP contribution in [0.5, 0.6) is 0 Å². The third kappa shape index (κ3) is 4.43. The van der Waals surface area contributed by atoms with Crippen molar-refractivity contribution >= 4 is 28.6 Å². The minimum atomic E-state index is 0.135. The molecule has 0 saturated carbocycles. The number of carbonyl (C=O) groups is 1. The molecule has 0 radical (unpaired) electrons. The Balaban J connectivity index is 1.61. The number of hydrogen-bond acceptors (Lipinski definition) is 4. The Hall–Kier alpha value is -1.17. The molecule has 0 unspecified atom stereocenters. The number of thiophene rings is 2. The van der Waals surface area contributed by atoms with Crippen LogP contribution in [0, 0.1) is 12.8 Å². The maximum absolute atomic E-state index is 12.5. The Bertz CT molecular complexity index is 615. The zero-order valence-electron chi connectivity index (χ0n) is 13.4. The second kappa shape index (κ2) is 8.08. The first-order chi connectivity index (χ1) is 11.2. The molecule has 2 aromatic rings. The topological polar surface area (TPSA) is 38.3 Å². The molecule has 1 amide bonds. The van der Waals surface area contributed by atoms with Crippen LogP contribution in [0.25, 0.3) is 0 Å². The molecule has 0 bridgehead atoms. The number of aryl methyl sites for hydroxylation is 2. The molecule has 1 saturated heterocycles. The lowest BCUT2D eigenvalue weighted by atomic mass is 9.90. The van der Waals surface area contributed by atoms with Crippen molar-refractivity contribution < 1.29 is 9.53 Å². The molecule has 0 spiro atoms. The van der Waals surface area contributed by atoms with E-state index in [1.165, 1.54) is 15.3 Å². The average molecular weight is 350 g/mol. The fourth-order valence-corrected chi connectivity index (χ4v) is 4.85. The van der Waals surface area contributed by atoms with E-state index in [0.29, 0.717) is 12.3 Å². The summed E-state index contributed by atoms with van der Waals surface area (Å²) in [6.45, 7) is 3.72. The smallest absolute Gasteiger partial charge is 0.220 e. The van der Waals surface area contributed by atoms with Gasteiger partial charge in [-0.3, -0.25) is 4.79 Å². The van der Waals surface area contributed by atoms with E-state index >= 15 is 0 Å². The maximum Gasteiger partial charge on any atom is 0.220 e. The Morgan fingerprint density at radius 3 is 2.78 bits per heavy atom. The predicted octanol–water partition coefficient (Wildman–Crippen LogP) is 4.33. The standard InChI is InChI=1S/C18H23NO2S2/c1-13-8-12-23-15(13)4-5-17(20)19-18(16-3-2-11-22-16)14-6-9-21-10-7-14/h2-3,8,11-12,14,18H,4-7,9-10H2,1H3,(H,19,20)/t18-/m0/s1. The van der Waals surface area contributed by atoms with Gasteiger partial charge in [0.2, 0.25) is 5.91 Å². The molecule has 1 fully saturated rings. The molecular weight excluding hydrogens is 326 g/mol. The van der Waals surface area contributed by atoms with Gasteiger partial charge in [-0.25, -0.2) is 0 Å². The minimum absolute atomic E-state index is 0.135. The molecule has 3 heterocycles. The lowest BCUT2D eigenvalue weighted by molar-refractivity contribution is -0.122. The second-order valence-corrected chi connectivity index (χ2v) is 8.02. The highest BCUT2D eigenvalue weighted by Crippen LogP contribution is 2.32. The zero-order chi connectivity index (χ0) is 16.1. The third-order valence-electron chi connectivity index (χ3n) is 4.45. The first-order valence-corrected chi connectivity index (χ1v) is 9.93. The van der Waals surface area contributed by atoms with Crippen molar-refractivity contribution in [1.82, 2.24) is 5.32 Å². The number of carbonyl (C=O) groups excluding carboxylic acids is 1. The van der Waals surface area contributed by atoms with Crippen molar-refractivity contribution in [3.63, 3.8) is 0 Å². The Kier molecular flexibility index (Phi) is 5.86. The highest BCUT2D eigenvalue weighted by molar-refractivity contribution is 7.10. The molecular formula is C18H23NO2S2. The Morgan fingerprint density at radius 2 is 2.13 bits per heavy atom. The van der Waals surface area contributed by atoms with E-state index in [4.69, 9.17) is 4.74 Å². The summed E-state index contributed by atoms with van der Waals surface area (Å²) in [6, 6.07) is 6.45. The highest BCUT2D eigenvalue weighted by atomic mass is 32.1. The molecule has 0 aromatic carbocycles. The van der Waals surface area contributed by atoms with Crippen LogP contribution in [0.2, 0.25) is 0 Å². The van der Waals surface area contributed by atoms with Gasteiger partial charge < -0.3 is 10.1 Å². The maximum atomic E-state index is 12.5. The Morgan fingerprint density at radius 1 is 1.30 bits per heavy atom. The van der Waals surface area contributed by atoms with Gasteiger partial charge in [0.1, 0.15) is 0 Å². The van der Waals surface area contributed by atoms with Gasteiger partial charge in [-0.15, -0.1) is 22.7 Å². The first kappa shape index (κ1) is 16.7. The van der Waals surface area contributed by atoms with E-state index in [1.54, 1.807) is 22.7 Å². The van der Waals surface area contributed by atoms with Crippen molar-refractivity contribution in [1.29, 1.82) is 0 Å². The van der Waals surface area contributed by atoms with Gasteiger partial charge >= 0.3 is 0 Å². The lowest BCUT2D eigenvalue weighted by Crippen LogP contribution is -2.35. The monoisotopic (exact) mass is 349 g/mol. The Labute approximate surface area is 145 Å². The summed E-state index contributed by atoms with van der Waals surface area (Å²) in [6.07, 6.45) is 3.44. The second-order valence-electron chi connectivity index (χ2n) is 6.04. The van der Waals surface area contributed by atoms with Crippen LogP contribution < -0.4 is 5.32 Å². The van der Waals surface area contributed by atoms with Crippen LogP contribution in [0.4, 0.5) is 0 Å². The molecule has 1 atom stereocenters. The van der Waals surface area contributed by atoms with Gasteiger partial charge in [0.25, 0.3) is 0 Å². The number of hydrogen-bond donors (Lipinski definition) is 1. The van der Waals surface area contributed by atoms with Gasteiger partial charge in [0, 0.05) is 29.4 Å². The molecule has 2 aromatic heterocycles. The number of nitrogens with one attached hydrogen (secondary N) is 1. The summed E-state index contributed by atoms with van der Waals surface area (Å²) in [5.74, 6) is 0.637. The quantitative estimate of drug-likeness (QED) is 0.843. The normalized spacial score (nSPS) is 17.1. The summed E-state index contributed by atoms with van der Waals surface area (Å²) in [7, 11) is 0. The van der Waals surface area contributed by atoms with Gasteiger partial charge in [-0.2, -0.15) is 0 Å². The van der Waals surface area contributed by atoms with E-state index in [9.17, 15) is 4.79 Å². The van der Waals surface area contributed by atoms with E-state index in [0.717, 1.165) is 32.5 Å². The number of rotatable bonds is 6. The predicted molar refractivity (Wildman–Crippen MR) is 96.1 cm³/mol. The van der Waals surface area contributed by atoms with Crippen molar-refractivity contribution in [2.45, 2.75) is 38.6 Å². The molecule has 23 heavy (non-hydrogen) atoms. The summed E-state index contributed by atoms with van der Waals surface area (Å²) in [5.41, 5.74) is 1.29. The van der Waals surface area contributed by atoms with Gasteiger partial charge in [0.05, 0.1) is 6.04 Å². The van der Waals surface area contributed by atoms with Crippen LogP contribution in [-0.2, 0) is 16.0 Å². The van der Waals surface area contributed by atoms with E-state index in [1.807, 2.05) is 0 Å². The van der Waals surface area contributed by atoms with E-state index in [2.05, 4.69) is 41.2 Å². The van der Waals surface area contributed by atoms with Crippen LogP contribution in [0.1, 0.15) is 40.6 Å². The summed E-state index contributed by atoms with van der Waals surface area (Å²) in [4.78, 5) is 15.0. The molecule has 124 valence electrons. The van der Waals surface area contributed by atoms with E-state index in [-0.39, 0.29) is 11.9 Å². The zero-order valence-corrected chi connectivity index (χ0v) is 15.1. The van der Waals surface area contributed by atoms with Crippen molar-refractivity contribution in [2.24, 2.45) is 5.92 Å². The molecule has 3 nitrogen and oxygen atoms in total. The van der Waals surface area contributed by atoms with Crippen molar-refractivity contribution in [2.75, 3.05) is 13.2 Å². The van der Waals surface area contributed by atoms with Crippen LogP contribution in [0.3, 0.4) is 0 Å². The lowest BCUT2D eigenvalue weighted by Gasteiger charge is -2.30. The first-order valence-electron chi connectivity index (χ1n) is 8.17. The average Bonchev–Trinajstić information content (AvgIpc) is 3.23. The van der Waals surface area contributed by atoms with Crippen molar-refractivity contribution in [3.8, 4) is 0 Å². The molecule has 1 aliphatic heterocycles. The molecule has 3 rings (SSSR count). The summed E-state index contributed by atoms with van der Waals surface area (Å²) in [5, 5.41) is 7.47. The van der Waals surface area contributed by atoms with Crippen LogP contribution in [-0.4, -0.2) is 19.1 Å². The highest BCUT2D eigenvalue weighted by Gasteiger charge is 2.27. The van der Waals surface area contributed by atoms with E-state index < -0.39 is 0 Å². The van der Waals surface area contributed by atoms with Gasteiger partial charge in [-0.05, 0) is 60.6 Å². The minimum Gasteiger partial charge on any atom is -0.381 e. The van der Waals surface area contributed by atoms with Crippen molar-refractivity contribution in [3.05, 3.63) is 44.3 Å². The largest absolute Gasteiger partial charge is 0.381 e. The van der Waals surface area contributed by atoms with Crippen LogP contribution >= 0.6 is 22.7 Å². The summed E-state index contributed by atoms with van der Waals surface area (Å²) >= 11 is 3.47. The van der Waals surface area contributed by atoms with Crippen LogP contribution in [0.15, 0.2) is 29.0 Å². The number of amides is 1. The SMILES string of the molecule is Cc1ccsc1CCC(=O)N[C@H](c1cccs1)C1CCOCC1. The number of ether oxygens (including phenoxy) is 1. The fourth-order valence-electron chi connectivity index (χ4n) is 3.07. The molecule has 0 aliphatic carbocycles. The summed E-state index contributed by atoms with van der Waals surface area (Å²) < 4.78 is 5.47. The third-order valence-corrected chi connectivity index (χ3v) is 6.49. The fraction of sp³-hybridized carbons (Fsp3) is 0.500.